The Morgan fingerprint density at radius 2 is 1.66 bits per heavy atom. The number of anilines is 1. The molecular weight excluding hydrogens is 374 g/mol. The zero-order chi connectivity index (χ0) is 21.1. The summed E-state index contributed by atoms with van der Waals surface area (Å²) in [6, 6.07) is 11.9. The lowest BCUT2D eigenvalue weighted by molar-refractivity contribution is -0.154. The van der Waals surface area contributed by atoms with Gasteiger partial charge >= 0.3 is 5.97 Å². The number of carbonyl (C=O) groups is 2. The largest absolute Gasteiger partial charge is 0.451 e. The number of fused-ring (bicyclic) bond motifs is 1. The van der Waals surface area contributed by atoms with E-state index in [2.05, 4.69) is 10.4 Å². The number of esters is 1. The summed E-state index contributed by atoms with van der Waals surface area (Å²) in [5, 5.41) is 5.54. The van der Waals surface area contributed by atoms with Crippen molar-refractivity contribution in [1.82, 2.24) is 9.78 Å². The van der Waals surface area contributed by atoms with Crippen molar-refractivity contribution in [3.8, 4) is 0 Å². The van der Waals surface area contributed by atoms with E-state index in [4.69, 9.17) is 4.74 Å². The van der Waals surface area contributed by atoms with E-state index in [9.17, 15) is 19.2 Å². The zero-order valence-electron chi connectivity index (χ0n) is 16.3. The Hall–Kier alpha value is -3.68. The number of carbonyl (C=O) groups excluding carboxylic acids is 2. The van der Waals surface area contributed by atoms with Gasteiger partial charge in [-0.2, -0.15) is 0 Å². The topological polar surface area (TPSA) is 110 Å². The monoisotopic (exact) mass is 395 g/mol. The van der Waals surface area contributed by atoms with Crippen LogP contribution in [-0.2, 0) is 20.9 Å². The minimum Gasteiger partial charge on any atom is -0.451 e. The molecule has 3 aromatic rings. The fourth-order valence-electron chi connectivity index (χ4n) is 3.01. The van der Waals surface area contributed by atoms with Gasteiger partial charge in [0, 0.05) is 5.69 Å². The minimum atomic E-state index is -1.08. The predicted octanol–water partition coefficient (Wildman–Crippen LogP) is 1.88. The molecule has 0 saturated carbocycles. The van der Waals surface area contributed by atoms with E-state index in [1.54, 1.807) is 12.1 Å². The molecule has 1 atom stereocenters. The average Bonchev–Trinajstić information content (AvgIpc) is 2.68. The van der Waals surface area contributed by atoms with Crippen LogP contribution in [0.1, 0.15) is 18.1 Å². The molecule has 1 amide bonds. The van der Waals surface area contributed by atoms with Gasteiger partial charge in [0.05, 0.1) is 10.8 Å². The Bertz CT molecular complexity index is 1190. The second-order valence-electron chi connectivity index (χ2n) is 6.77. The summed E-state index contributed by atoms with van der Waals surface area (Å²) in [6.07, 6.45) is -1.08. The molecule has 0 radical (unpaired) electrons. The third-order valence-electron chi connectivity index (χ3n) is 4.58. The van der Waals surface area contributed by atoms with Gasteiger partial charge in [-0.1, -0.05) is 30.3 Å². The van der Waals surface area contributed by atoms with Crippen LogP contribution in [0.3, 0.4) is 0 Å². The van der Waals surface area contributed by atoms with Crippen LogP contribution in [0.2, 0.25) is 0 Å². The molecule has 0 fully saturated rings. The standard InChI is InChI=1S/C21H21N3O5/c1-12-7-6-8-13(2)18(12)22-19(26)14(3)29-17(25)11-24-21(28)16-10-5-4-9-15(16)20(27)23-24/h4-10,14H,11H2,1-3H3,(H,22,26)(H,23,27). The number of benzene rings is 2. The molecule has 0 aliphatic rings. The van der Waals surface area contributed by atoms with Crippen molar-refractivity contribution in [2.24, 2.45) is 0 Å². The summed E-state index contributed by atoms with van der Waals surface area (Å²) in [6.45, 7) is 4.65. The van der Waals surface area contributed by atoms with Crippen molar-refractivity contribution in [2.75, 3.05) is 5.32 Å². The number of H-pyrrole nitrogens is 1. The first-order valence-corrected chi connectivity index (χ1v) is 9.06. The first-order chi connectivity index (χ1) is 13.8. The third-order valence-corrected chi connectivity index (χ3v) is 4.58. The summed E-state index contributed by atoms with van der Waals surface area (Å²) in [4.78, 5) is 49.2. The van der Waals surface area contributed by atoms with Gasteiger partial charge in [-0.25, -0.2) is 4.68 Å². The summed E-state index contributed by atoms with van der Waals surface area (Å²) in [7, 11) is 0. The molecule has 0 bridgehead atoms. The van der Waals surface area contributed by atoms with Crippen LogP contribution in [0.4, 0.5) is 5.69 Å². The van der Waals surface area contributed by atoms with Gasteiger partial charge in [-0.05, 0) is 44.0 Å². The highest BCUT2D eigenvalue weighted by Crippen LogP contribution is 2.19. The SMILES string of the molecule is Cc1cccc(C)c1NC(=O)C(C)OC(=O)Cn1[nH]c(=O)c2ccccc2c1=O. The van der Waals surface area contributed by atoms with Crippen molar-refractivity contribution in [2.45, 2.75) is 33.4 Å². The van der Waals surface area contributed by atoms with Crippen molar-refractivity contribution < 1.29 is 14.3 Å². The summed E-state index contributed by atoms with van der Waals surface area (Å²) < 4.78 is 6.02. The van der Waals surface area contributed by atoms with Crippen LogP contribution in [0.25, 0.3) is 10.8 Å². The van der Waals surface area contributed by atoms with Crippen LogP contribution in [0, 0.1) is 13.8 Å². The molecule has 0 aliphatic carbocycles. The number of hydrogen-bond donors (Lipinski definition) is 2. The Kier molecular flexibility index (Phi) is 5.63. The van der Waals surface area contributed by atoms with Gasteiger partial charge in [0.1, 0.15) is 6.54 Å². The van der Waals surface area contributed by atoms with Gasteiger partial charge in [0.15, 0.2) is 6.10 Å². The number of amides is 1. The first-order valence-electron chi connectivity index (χ1n) is 9.06. The average molecular weight is 395 g/mol. The Morgan fingerprint density at radius 1 is 1.03 bits per heavy atom. The lowest BCUT2D eigenvalue weighted by Gasteiger charge is -2.16. The van der Waals surface area contributed by atoms with Gasteiger partial charge in [0.2, 0.25) is 0 Å². The maximum atomic E-state index is 12.5. The van der Waals surface area contributed by atoms with Crippen molar-refractivity contribution in [3.63, 3.8) is 0 Å². The van der Waals surface area contributed by atoms with Crippen LogP contribution in [-0.4, -0.2) is 27.8 Å². The molecule has 8 nitrogen and oxygen atoms in total. The lowest BCUT2D eigenvalue weighted by atomic mass is 10.1. The molecule has 29 heavy (non-hydrogen) atoms. The van der Waals surface area contributed by atoms with Crippen molar-refractivity contribution >= 4 is 28.3 Å². The Balaban J connectivity index is 1.71. The van der Waals surface area contributed by atoms with Crippen LogP contribution >= 0.6 is 0 Å². The van der Waals surface area contributed by atoms with Crippen molar-refractivity contribution in [3.05, 3.63) is 74.3 Å². The van der Waals surface area contributed by atoms with Gasteiger partial charge in [0.25, 0.3) is 17.0 Å². The lowest BCUT2D eigenvalue weighted by Crippen LogP contribution is -2.36. The molecule has 2 aromatic carbocycles. The number of aromatic nitrogens is 2. The molecule has 150 valence electrons. The third kappa shape index (κ3) is 4.26. The number of nitrogens with zero attached hydrogens (tertiary/aromatic N) is 1. The Morgan fingerprint density at radius 3 is 2.31 bits per heavy atom. The molecule has 1 unspecified atom stereocenters. The Labute approximate surface area is 166 Å². The van der Waals surface area contributed by atoms with Crippen LogP contribution in [0.5, 0.6) is 0 Å². The highest BCUT2D eigenvalue weighted by atomic mass is 16.5. The molecule has 0 saturated heterocycles. The highest BCUT2D eigenvalue weighted by Gasteiger charge is 2.20. The van der Waals surface area contributed by atoms with E-state index in [0.29, 0.717) is 5.69 Å². The summed E-state index contributed by atoms with van der Waals surface area (Å²) >= 11 is 0. The van der Waals surface area contributed by atoms with Crippen molar-refractivity contribution in [1.29, 1.82) is 0 Å². The minimum absolute atomic E-state index is 0.199. The number of ether oxygens (including phenoxy) is 1. The van der Waals surface area contributed by atoms with E-state index in [1.165, 1.54) is 19.1 Å². The van der Waals surface area contributed by atoms with E-state index >= 15 is 0 Å². The normalized spacial score (nSPS) is 11.8. The molecule has 1 aromatic heterocycles. The molecule has 0 spiro atoms. The van der Waals surface area contributed by atoms with Gasteiger partial charge in [-0.15, -0.1) is 0 Å². The van der Waals surface area contributed by atoms with Gasteiger partial charge in [-0.3, -0.25) is 24.3 Å². The molecule has 0 aliphatic heterocycles. The first kappa shape index (κ1) is 20.1. The number of para-hydroxylation sites is 1. The summed E-state index contributed by atoms with van der Waals surface area (Å²) in [5.41, 5.74) is 1.42. The fraction of sp³-hybridized carbons (Fsp3) is 0.238. The fourth-order valence-corrected chi connectivity index (χ4v) is 3.01. The molecular formula is C21H21N3O5. The van der Waals surface area contributed by atoms with Crippen LogP contribution < -0.4 is 16.4 Å². The molecule has 2 N–H and O–H groups in total. The maximum Gasteiger partial charge on any atom is 0.328 e. The van der Waals surface area contributed by atoms with E-state index in [-0.39, 0.29) is 10.8 Å². The molecule has 3 rings (SSSR count). The summed E-state index contributed by atoms with van der Waals surface area (Å²) in [5.74, 6) is -1.31. The van der Waals surface area contributed by atoms with E-state index in [1.807, 2.05) is 32.0 Å². The zero-order valence-corrected chi connectivity index (χ0v) is 16.3. The number of aromatic amines is 1. The van der Waals surface area contributed by atoms with E-state index < -0.39 is 35.6 Å². The van der Waals surface area contributed by atoms with E-state index in [0.717, 1.165) is 15.8 Å². The molecule has 1 heterocycles. The highest BCUT2D eigenvalue weighted by molar-refractivity contribution is 5.96. The smallest absolute Gasteiger partial charge is 0.328 e. The van der Waals surface area contributed by atoms with Gasteiger partial charge < -0.3 is 10.1 Å². The number of nitrogens with one attached hydrogen (secondary N) is 2. The van der Waals surface area contributed by atoms with Crippen LogP contribution in [0.15, 0.2) is 52.1 Å². The number of rotatable bonds is 5. The predicted molar refractivity (Wildman–Crippen MR) is 109 cm³/mol. The molecule has 8 heteroatoms. The number of aryl methyl sites for hydroxylation is 2. The number of hydrogen-bond acceptors (Lipinski definition) is 5. The quantitative estimate of drug-likeness (QED) is 0.641. The second-order valence-corrected chi connectivity index (χ2v) is 6.77. The second kappa shape index (κ2) is 8.14. The maximum absolute atomic E-state index is 12.5.